The van der Waals surface area contributed by atoms with Crippen LogP contribution in [0.1, 0.15) is 65.5 Å². The van der Waals surface area contributed by atoms with Gasteiger partial charge in [0, 0.05) is 0 Å². The van der Waals surface area contributed by atoms with Crippen LogP contribution in [-0.4, -0.2) is 51.4 Å². The minimum Gasteiger partial charge on any atom is -0.394 e. The van der Waals surface area contributed by atoms with E-state index in [0.29, 0.717) is 23.5 Å². The predicted molar refractivity (Wildman–Crippen MR) is 114 cm³/mol. The lowest BCUT2D eigenvalue weighted by atomic mass is 9.88. The summed E-state index contributed by atoms with van der Waals surface area (Å²) >= 11 is 0. The van der Waals surface area contributed by atoms with Gasteiger partial charge in [-0.25, -0.2) is 0 Å². The van der Waals surface area contributed by atoms with E-state index in [4.69, 9.17) is 4.74 Å². The maximum atomic E-state index is 10.4. The lowest BCUT2D eigenvalue weighted by molar-refractivity contribution is -0.231. The summed E-state index contributed by atoms with van der Waals surface area (Å²) in [5.41, 5.74) is 4.38. The largest absolute Gasteiger partial charge is 0.394 e. The molecule has 0 amide bonds. The average molecular weight is 424 g/mol. The molecule has 0 radical (unpaired) electrons. The lowest BCUT2D eigenvalue weighted by Crippen LogP contribution is -2.55. The number of benzene rings is 2. The third kappa shape index (κ3) is 4.52. The molecule has 4 N–H and O–H groups in total. The number of aliphatic hydroxyl groups is 4. The number of ether oxygens (including phenoxy) is 1. The molecule has 1 aliphatic heterocycles. The van der Waals surface area contributed by atoms with E-state index >= 15 is 0 Å². The van der Waals surface area contributed by atoms with Crippen molar-refractivity contribution >= 4 is 0 Å². The van der Waals surface area contributed by atoms with Crippen LogP contribution in [0.5, 0.6) is 0 Å². The van der Waals surface area contributed by atoms with Crippen LogP contribution in [0.15, 0.2) is 42.5 Å². The molecule has 0 aromatic heterocycles. The first-order chi connectivity index (χ1) is 15.0. The van der Waals surface area contributed by atoms with Gasteiger partial charge >= 0.3 is 0 Å². The van der Waals surface area contributed by atoms with Gasteiger partial charge in [0.05, 0.1) is 18.2 Å². The Morgan fingerprint density at radius 3 is 2.23 bits per heavy atom. The molecule has 1 heterocycles. The van der Waals surface area contributed by atoms with Gasteiger partial charge in [-0.05, 0) is 53.5 Å². The van der Waals surface area contributed by atoms with Crippen LogP contribution in [-0.2, 0) is 11.2 Å². The number of hydrogen-bond acceptors (Lipinski definition) is 6. The lowest BCUT2D eigenvalue weighted by Gasteiger charge is -2.40. The van der Waals surface area contributed by atoms with E-state index in [2.05, 4.69) is 30.3 Å². The van der Waals surface area contributed by atoms with Gasteiger partial charge in [0.15, 0.2) is 0 Å². The summed E-state index contributed by atoms with van der Waals surface area (Å²) in [5.74, 6) is 0.651. The molecule has 1 unspecified atom stereocenters. The second-order valence-corrected chi connectivity index (χ2v) is 8.68. The highest BCUT2D eigenvalue weighted by atomic mass is 16.5. The fourth-order valence-corrected chi connectivity index (χ4v) is 4.81. The Balaban J connectivity index is 1.57. The SMILES string of the molecule is N#Cc1ccc([C@@H]2OC(CO)[C@@H](O)[C@H](O)[C@H]2O)cc1Cc1ccc(C2CCCC2)cc1. The van der Waals surface area contributed by atoms with Crippen molar-refractivity contribution in [3.63, 3.8) is 0 Å². The molecule has 0 spiro atoms. The number of rotatable bonds is 5. The Bertz CT molecular complexity index is 930. The van der Waals surface area contributed by atoms with Crippen molar-refractivity contribution in [2.24, 2.45) is 0 Å². The zero-order valence-electron chi connectivity index (χ0n) is 17.4. The molecule has 5 atom stereocenters. The highest BCUT2D eigenvalue weighted by Crippen LogP contribution is 2.35. The molecule has 1 saturated carbocycles. The molecule has 2 aliphatic rings. The third-order valence-electron chi connectivity index (χ3n) is 6.67. The average Bonchev–Trinajstić information content (AvgIpc) is 3.33. The number of nitrogens with zero attached hydrogens (tertiary/aromatic N) is 1. The summed E-state index contributed by atoms with van der Waals surface area (Å²) < 4.78 is 5.68. The summed E-state index contributed by atoms with van der Waals surface area (Å²) in [5, 5.41) is 49.6. The highest BCUT2D eigenvalue weighted by Gasteiger charge is 2.44. The van der Waals surface area contributed by atoms with E-state index in [1.807, 2.05) is 0 Å². The molecule has 4 rings (SSSR count). The van der Waals surface area contributed by atoms with Crippen molar-refractivity contribution in [1.82, 2.24) is 0 Å². The first kappa shape index (κ1) is 21.9. The fourth-order valence-electron chi connectivity index (χ4n) is 4.81. The molecule has 6 heteroatoms. The van der Waals surface area contributed by atoms with Crippen LogP contribution in [0.3, 0.4) is 0 Å². The Hall–Kier alpha value is -2.27. The van der Waals surface area contributed by atoms with E-state index in [1.165, 1.54) is 31.2 Å². The van der Waals surface area contributed by atoms with E-state index in [0.717, 1.165) is 11.1 Å². The molecule has 164 valence electrons. The van der Waals surface area contributed by atoms with Crippen molar-refractivity contribution in [1.29, 1.82) is 5.26 Å². The van der Waals surface area contributed by atoms with E-state index < -0.39 is 37.1 Å². The summed E-state index contributed by atoms with van der Waals surface area (Å²) in [4.78, 5) is 0. The van der Waals surface area contributed by atoms with Crippen LogP contribution in [0.2, 0.25) is 0 Å². The monoisotopic (exact) mass is 423 g/mol. The Morgan fingerprint density at radius 1 is 0.903 bits per heavy atom. The molecule has 6 nitrogen and oxygen atoms in total. The first-order valence-corrected chi connectivity index (χ1v) is 10.9. The van der Waals surface area contributed by atoms with E-state index in [1.54, 1.807) is 18.2 Å². The predicted octanol–water partition coefficient (Wildman–Crippen LogP) is 2.32. The number of hydrogen-bond donors (Lipinski definition) is 4. The summed E-state index contributed by atoms with van der Waals surface area (Å²) in [6.07, 6.45) is -0.407. The van der Waals surface area contributed by atoms with Crippen molar-refractivity contribution in [2.45, 2.75) is 68.5 Å². The van der Waals surface area contributed by atoms with Gasteiger partial charge in [0.1, 0.15) is 30.5 Å². The van der Waals surface area contributed by atoms with Gasteiger partial charge in [-0.3, -0.25) is 0 Å². The molecule has 1 aliphatic carbocycles. The number of aliphatic hydroxyl groups excluding tert-OH is 4. The van der Waals surface area contributed by atoms with Gasteiger partial charge in [-0.1, -0.05) is 49.2 Å². The van der Waals surface area contributed by atoms with Gasteiger partial charge in [-0.2, -0.15) is 5.26 Å². The molecule has 2 aromatic carbocycles. The highest BCUT2D eigenvalue weighted by molar-refractivity contribution is 5.44. The van der Waals surface area contributed by atoms with Gasteiger partial charge in [-0.15, -0.1) is 0 Å². The van der Waals surface area contributed by atoms with Crippen LogP contribution in [0.25, 0.3) is 0 Å². The Labute approximate surface area is 182 Å². The first-order valence-electron chi connectivity index (χ1n) is 10.9. The van der Waals surface area contributed by atoms with E-state index in [-0.39, 0.29) is 0 Å². The van der Waals surface area contributed by atoms with Crippen molar-refractivity contribution < 1.29 is 25.2 Å². The second-order valence-electron chi connectivity index (χ2n) is 8.68. The molecule has 2 aromatic rings. The quantitative estimate of drug-likeness (QED) is 0.587. The maximum absolute atomic E-state index is 10.4. The topological polar surface area (TPSA) is 114 Å². The number of nitriles is 1. The minimum absolute atomic E-state index is 0.474. The van der Waals surface area contributed by atoms with E-state index in [9.17, 15) is 25.7 Å². The molecule has 0 bridgehead atoms. The van der Waals surface area contributed by atoms with Gasteiger partial charge < -0.3 is 25.2 Å². The summed E-state index contributed by atoms with van der Waals surface area (Å²) in [7, 11) is 0. The zero-order chi connectivity index (χ0) is 22.0. The Kier molecular flexibility index (Phi) is 6.71. The molecule has 2 fully saturated rings. The molecular weight excluding hydrogens is 394 g/mol. The molecule has 31 heavy (non-hydrogen) atoms. The molecular formula is C25H29NO5. The van der Waals surface area contributed by atoms with Gasteiger partial charge in [0.2, 0.25) is 0 Å². The smallest absolute Gasteiger partial charge is 0.113 e. The zero-order valence-corrected chi connectivity index (χ0v) is 17.4. The van der Waals surface area contributed by atoms with Crippen LogP contribution >= 0.6 is 0 Å². The third-order valence-corrected chi connectivity index (χ3v) is 6.67. The van der Waals surface area contributed by atoms with Crippen molar-refractivity contribution in [2.75, 3.05) is 6.61 Å². The molecule has 1 saturated heterocycles. The maximum Gasteiger partial charge on any atom is 0.113 e. The standard InChI is InChI=1S/C25H29NO5/c26-13-19-10-9-18(25-24(30)23(29)22(28)21(14-27)31-25)12-20(19)11-15-5-7-17(8-6-15)16-3-1-2-4-16/h5-10,12,16,21-25,27-30H,1-4,11,14H2/t21?,22-,23+,24-,25+/m1/s1. The van der Waals surface area contributed by atoms with Crippen molar-refractivity contribution in [3.8, 4) is 6.07 Å². The normalized spacial score (nSPS) is 29.1. The Morgan fingerprint density at radius 2 is 1.58 bits per heavy atom. The summed E-state index contributed by atoms with van der Waals surface area (Å²) in [6, 6.07) is 15.9. The van der Waals surface area contributed by atoms with Crippen molar-refractivity contribution in [3.05, 3.63) is 70.3 Å². The fraction of sp³-hybridized carbons (Fsp3) is 0.480. The van der Waals surface area contributed by atoms with Gasteiger partial charge in [0.25, 0.3) is 0 Å². The second kappa shape index (κ2) is 9.47. The summed E-state index contributed by atoms with van der Waals surface area (Å²) in [6.45, 7) is -0.474. The minimum atomic E-state index is -1.43. The van der Waals surface area contributed by atoms with Crippen LogP contribution in [0.4, 0.5) is 0 Å². The van der Waals surface area contributed by atoms with Crippen LogP contribution < -0.4 is 0 Å². The van der Waals surface area contributed by atoms with Crippen LogP contribution in [0, 0.1) is 11.3 Å².